The van der Waals surface area contributed by atoms with E-state index in [0.717, 1.165) is 48.0 Å². The summed E-state index contributed by atoms with van der Waals surface area (Å²) in [4.78, 5) is 14.8. The Hall–Kier alpha value is -2.49. The fraction of sp³-hybridized carbons (Fsp3) is 0.278. The second kappa shape index (κ2) is 4.77. The second-order valence-corrected chi connectivity index (χ2v) is 5.81. The molecular formula is C18H18N2O2. The number of benzene rings is 1. The van der Waals surface area contributed by atoms with Crippen molar-refractivity contribution >= 4 is 10.9 Å². The van der Waals surface area contributed by atoms with Gasteiger partial charge in [0, 0.05) is 40.3 Å². The molecule has 1 aromatic carbocycles. The Morgan fingerprint density at radius 1 is 1.27 bits per heavy atom. The number of hydrogen-bond acceptors (Lipinski definition) is 2. The van der Waals surface area contributed by atoms with Gasteiger partial charge < -0.3 is 14.7 Å². The van der Waals surface area contributed by atoms with Crippen molar-refractivity contribution in [3.8, 4) is 17.0 Å². The largest absolute Gasteiger partial charge is 0.507 e. The summed E-state index contributed by atoms with van der Waals surface area (Å²) < 4.78 is 2.32. The number of fused-ring (bicyclic) bond motifs is 5. The van der Waals surface area contributed by atoms with E-state index in [9.17, 15) is 9.90 Å². The molecule has 0 saturated heterocycles. The maximum Gasteiger partial charge on any atom is 0.252 e. The number of aromatic hydroxyl groups is 1. The van der Waals surface area contributed by atoms with E-state index >= 15 is 0 Å². The minimum Gasteiger partial charge on any atom is -0.507 e. The van der Waals surface area contributed by atoms with Crippen LogP contribution in [-0.2, 0) is 19.4 Å². The lowest BCUT2D eigenvalue weighted by molar-refractivity contribution is 0.466. The van der Waals surface area contributed by atoms with E-state index in [1.807, 2.05) is 12.1 Å². The van der Waals surface area contributed by atoms with Crippen molar-refractivity contribution in [1.82, 2.24) is 9.55 Å². The number of aromatic amines is 1. The molecule has 4 heteroatoms. The predicted octanol–water partition coefficient (Wildman–Crippen LogP) is 3.21. The molecule has 2 aromatic heterocycles. The van der Waals surface area contributed by atoms with Crippen molar-refractivity contribution in [3.05, 3.63) is 51.9 Å². The van der Waals surface area contributed by atoms with Gasteiger partial charge in [0.25, 0.3) is 5.56 Å². The summed E-state index contributed by atoms with van der Waals surface area (Å²) in [6, 6.07) is 9.56. The highest BCUT2D eigenvalue weighted by molar-refractivity contribution is 5.98. The number of H-pyrrole nitrogens is 1. The molecule has 0 radical (unpaired) electrons. The molecule has 3 aromatic rings. The Morgan fingerprint density at radius 3 is 2.91 bits per heavy atom. The monoisotopic (exact) mass is 294 g/mol. The van der Waals surface area contributed by atoms with Crippen molar-refractivity contribution < 1.29 is 5.11 Å². The molecule has 0 amide bonds. The zero-order valence-electron chi connectivity index (χ0n) is 12.5. The smallest absolute Gasteiger partial charge is 0.252 e. The van der Waals surface area contributed by atoms with Crippen LogP contribution in [0.4, 0.5) is 0 Å². The van der Waals surface area contributed by atoms with Crippen LogP contribution in [0.2, 0.25) is 0 Å². The molecule has 1 aliphatic rings. The lowest BCUT2D eigenvalue weighted by Crippen LogP contribution is -2.07. The fourth-order valence-electron chi connectivity index (χ4n) is 3.73. The molecular weight excluding hydrogens is 276 g/mol. The van der Waals surface area contributed by atoms with Crippen LogP contribution < -0.4 is 5.56 Å². The minimum absolute atomic E-state index is 0.111. The van der Waals surface area contributed by atoms with Crippen LogP contribution in [-0.4, -0.2) is 14.7 Å². The van der Waals surface area contributed by atoms with Gasteiger partial charge in [-0.1, -0.05) is 18.2 Å². The molecule has 0 atom stereocenters. The standard InChI is InChI=1S/C18H18N2O2/c1-2-20-13-8-4-3-6-11(13)17-14(20)9-5-7-12-15(21)10-16(22)19-18(12)17/h3-4,6,8,10H,2,5,7,9H2,1H3,(H2,19,21,22). The van der Waals surface area contributed by atoms with E-state index in [0.29, 0.717) is 0 Å². The first-order valence-electron chi connectivity index (χ1n) is 7.76. The summed E-state index contributed by atoms with van der Waals surface area (Å²) in [5, 5.41) is 11.3. The lowest BCUT2D eigenvalue weighted by Gasteiger charge is -2.09. The van der Waals surface area contributed by atoms with Gasteiger partial charge in [-0.15, -0.1) is 0 Å². The van der Waals surface area contributed by atoms with E-state index in [2.05, 4.69) is 28.6 Å². The first kappa shape index (κ1) is 13.2. The van der Waals surface area contributed by atoms with E-state index in [-0.39, 0.29) is 11.3 Å². The summed E-state index contributed by atoms with van der Waals surface area (Å²) in [5.41, 5.74) is 4.92. The topological polar surface area (TPSA) is 58.0 Å². The third kappa shape index (κ3) is 1.73. The maximum absolute atomic E-state index is 11.9. The van der Waals surface area contributed by atoms with Crippen molar-refractivity contribution in [2.45, 2.75) is 32.7 Å². The molecule has 0 saturated carbocycles. The number of aromatic nitrogens is 2. The molecule has 2 heterocycles. The fourth-order valence-corrected chi connectivity index (χ4v) is 3.73. The Labute approximate surface area is 128 Å². The molecule has 0 spiro atoms. The predicted molar refractivity (Wildman–Crippen MR) is 87.4 cm³/mol. The summed E-state index contributed by atoms with van der Waals surface area (Å²) in [6.07, 6.45) is 2.70. The number of nitrogens with one attached hydrogen (secondary N) is 1. The molecule has 4 nitrogen and oxygen atoms in total. The number of hydrogen-bond donors (Lipinski definition) is 2. The SMILES string of the molecule is CCn1c2c(c3ccccc31)-c1[nH]c(=O)cc(O)c1CCC2. The van der Waals surface area contributed by atoms with Crippen LogP contribution in [0.15, 0.2) is 35.1 Å². The van der Waals surface area contributed by atoms with E-state index in [1.54, 1.807) is 0 Å². The molecule has 112 valence electrons. The average molecular weight is 294 g/mol. The highest BCUT2D eigenvalue weighted by Gasteiger charge is 2.24. The van der Waals surface area contributed by atoms with E-state index in [4.69, 9.17) is 0 Å². The van der Waals surface area contributed by atoms with Gasteiger partial charge >= 0.3 is 0 Å². The van der Waals surface area contributed by atoms with E-state index in [1.165, 1.54) is 17.3 Å². The van der Waals surface area contributed by atoms with Crippen LogP contribution in [0.3, 0.4) is 0 Å². The van der Waals surface area contributed by atoms with Crippen molar-refractivity contribution in [3.63, 3.8) is 0 Å². The second-order valence-electron chi connectivity index (χ2n) is 5.81. The molecule has 4 rings (SSSR count). The molecule has 22 heavy (non-hydrogen) atoms. The number of para-hydroxylation sites is 1. The third-order valence-electron chi connectivity index (χ3n) is 4.61. The van der Waals surface area contributed by atoms with Crippen LogP contribution in [0.1, 0.15) is 24.6 Å². The van der Waals surface area contributed by atoms with Crippen molar-refractivity contribution in [2.24, 2.45) is 0 Å². The lowest BCUT2D eigenvalue weighted by atomic mass is 10.0. The first-order chi connectivity index (χ1) is 10.7. The molecule has 0 unspecified atom stereocenters. The Balaban J connectivity index is 2.19. The van der Waals surface area contributed by atoms with E-state index < -0.39 is 0 Å². The molecule has 0 fully saturated rings. The minimum atomic E-state index is -0.252. The Morgan fingerprint density at radius 2 is 2.09 bits per heavy atom. The number of aryl methyl sites for hydroxylation is 1. The number of nitrogens with zero attached hydrogens (tertiary/aromatic N) is 1. The number of pyridine rings is 1. The van der Waals surface area contributed by atoms with Crippen LogP contribution in [0.5, 0.6) is 5.75 Å². The normalized spacial score (nSPS) is 13.7. The van der Waals surface area contributed by atoms with Gasteiger partial charge in [-0.2, -0.15) is 0 Å². The Kier molecular flexibility index (Phi) is 2.86. The summed E-state index contributed by atoms with van der Waals surface area (Å²) in [5.74, 6) is 0.111. The molecule has 0 bridgehead atoms. The third-order valence-corrected chi connectivity index (χ3v) is 4.61. The van der Waals surface area contributed by atoms with Gasteiger partial charge in [0.2, 0.25) is 0 Å². The molecule has 1 aliphatic carbocycles. The average Bonchev–Trinajstić information content (AvgIpc) is 2.69. The quantitative estimate of drug-likeness (QED) is 0.724. The number of rotatable bonds is 1. The van der Waals surface area contributed by atoms with Crippen LogP contribution in [0.25, 0.3) is 22.2 Å². The zero-order valence-corrected chi connectivity index (χ0v) is 12.5. The summed E-state index contributed by atoms with van der Waals surface area (Å²) in [6.45, 7) is 3.04. The highest BCUT2D eigenvalue weighted by Crippen LogP contribution is 2.40. The van der Waals surface area contributed by atoms with Gasteiger partial charge in [-0.25, -0.2) is 0 Å². The van der Waals surface area contributed by atoms with Gasteiger partial charge in [0.15, 0.2) is 0 Å². The summed E-state index contributed by atoms with van der Waals surface area (Å²) in [7, 11) is 0. The van der Waals surface area contributed by atoms with Crippen LogP contribution >= 0.6 is 0 Å². The summed E-state index contributed by atoms with van der Waals surface area (Å²) >= 11 is 0. The zero-order chi connectivity index (χ0) is 15.3. The van der Waals surface area contributed by atoms with Gasteiger partial charge in [-0.05, 0) is 32.3 Å². The van der Waals surface area contributed by atoms with Gasteiger partial charge in [0.1, 0.15) is 5.75 Å². The van der Waals surface area contributed by atoms with Crippen LogP contribution in [0, 0.1) is 0 Å². The molecule has 0 aliphatic heterocycles. The van der Waals surface area contributed by atoms with Gasteiger partial charge in [-0.3, -0.25) is 4.79 Å². The first-order valence-corrected chi connectivity index (χ1v) is 7.76. The molecule has 2 N–H and O–H groups in total. The highest BCUT2D eigenvalue weighted by atomic mass is 16.3. The van der Waals surface area contributed by atoms with Crippen molar-refractivity contribution in [1.29, 1.82) is 0 Å². The van der Waals surface area contributed by atoms with Gasteiger partial charge in [0.05, 0.1) is 5.69 Å². The maximum atomic E-state index is 11.9. The van der Waals surface area contributed by atoms with Crippen molar-refractivity contribution in [2.75, 3.05) is 0 Å². The Bertz CT molecular complexity index is 934.